The van der Waals surface area contributed by atoms with Crippen molar-refractivity contribution in [2.24, 2.45) is 7.05 Å². The van der Waals surface area contributed by atoms with Gasteiger partial charge in [-0.1, -0.05) is 48.0 Å². The van der Waals surface area contributed by atoms with Crippen molar-refractivity contribution in [1.82, 2.24) is 24.3 Å². The maximum absolute atomic E-state index is 6.42. The molecule has 2 atom stereocenters. The average Bonchev–Trinajstić information content (AvgIpc) is 3.55. The first-order valence-corrected chi connectivity index (χ1v) is 12.1. The van der Waals surface area contributed by atoms with Crippen LogP contribution in [0.1, 0.15) is 39.9 Å². The number of halogens is 1. The molecule has 0 saturated heterocycles. The third-order valence-corrected chi connectivity index (χ3v) is 7.14. The summed E-state index contributed by atoms with van der Waals surface area (Å²) in [5, 5.41) is 5.29. The van der Waals surface area contributed by atoms with Crippen molar-refractivity contribution in [2.45, 2.75) is 12.0 Å². The fourth-order valence-electron chi connectivity index (χ4n) is 5.16. The van der Waals surface area contributed by atoms with Gasteiger partial charge in [0.1, 0.15) is 18.1 Å². The molecule has 0 saturated carbocycles. The quantitative estimate of drug-likeness (QED) is 0.318. The van der Waals surface area contributed by atoms with Crippen molar-refractivity contribution in [3.05, 3.63) is 119 Å². The molecule has 1 aliphatic rings. The summed E-state index contributed by atoms with van der Waals surface area (Å²) in [5.41, 5.74) is 6.70. The van der Waals surface area contributed by atoms with E-state index in [9.17, 15) is 0 Å². The van der Waals surface area contributed by atoms with Gasteiger partial charge in [-0.2, -0.15) is 10.1 Å². The van der Waals surface area contributed by atoms with Gasteiger partial charge in [0.2, 0.25) is 5.95 Å². The first kappa shape index (κ1) is 22.4. The van der Waals surface area contributed by atoms with Crippen LogP contribution in [-0.4, -0.2) is 38.5 Å². The van der Waals surface area contributed by atoms with Gasteiger partial charge in [-0.25, -0.2) is 9.67 Å². The van der Waals surface area contributed by atoms with Crippen molar-refractivity contribution < 1.29 is 4.74 Å². The molecule has 2 unspecified atom stereocenters. The number of methoxy groups -OCH3 is 1. The highest BCUT2D eigenvalue weighted by molar-refractivity contribution is 6.30. The molecule has 36 heavy (non-hydrogen) atoms. The van der Waals surface area contributed by atoms with Crippen LogP contribution in [0.4, 0.5) is 11.6 Å². The molecule has 0 spiro atoms. The molecule has 0 amide bonds. The topological polar surface area (TPSA) is 61.0 Å². The van der Waals surface area contributed by atoms with Crippen LogP contribution in [0.15, 0.2) is 85.6 Å². The fourth-order valence-corrected chi connectivity index (χ4v) is 5.35. The minimum absolute atomic E-state index is 0.0174. The van der Waals surface area contributed by atoms with E-state index in [1.165, 1.54) is 0 Å². The van der Waals surface area contributed by atoms with Gasteiger partial charge in [-0.05, 0) is 47.0 Å². The summed E-state index contributed by atoms with van der Waals surface area (Å²) in [6.45, 7) is 0. The van der Waals surface area contributed by atoms with E-state index in [0.29, 0.717) is 5.02 Å². The number of rotatable bonds is 5. The van der Waals surface area contributed by atoms with E-state index in [0.717, 1.165) is 45.3 Å². The Morgan fingerprint density at radius 1 is 0.972 bits per heavy atom. The summed E-state index contributed by atoms with van der Waals surface area (Å²) < 4.78 is 9.44. The maximum atomic E-state index is 6.42. The summed E-state index contributed by atoms with van der Waals surface area (Å²) in [4.78, 5) is 11.0. The lowest BCUT2D eigenvalue weighted by atomic mass is 9.85. The molecule has 7 nitrogen and oxygen atoms in total. The van der Waals surface area contributed by atoms with E-state index in [2.05, 4.69) is 60.9 Å². The van der Waals surface area contributed by atoms with Crippen LogP contribution in [0.25, 0.3) is 0 Å². The second-order valence-electron chi connectivity index (χ2n) is 8.98. The molecule has 0 N–H and O–H groups in total. The molecule has 6 rings (SSSR count). The zero-order valence-electron chi connectivity index (χ0n) is 20.2. The van der Waals surface area contributed by atoms with Crippen molar-refractivity contribution in [3.8, 4) is 5.75 Å². The molecule has 1 aliphatic heterocycles. The van der Waals surface area contributed by atoms with Crippen LogP contribution in [0.2, 0.25) is 5.02 Å². The number of ether oxygens (including phenoxy) is 1. The van der Waals surface area contributed by atoms with Gasteiger partial charge in [-0.15, -0.1) is 0 Å². The average molecular weight is 497 g/mol. The lowest BCUT2D eigenvalue weighted by Crippen LogP contribution is -2.28. The van der Waals surface area contributed by atoms with Crippen LogP contribution in [0.3, 0.4) is 0 Å². The Labute approximate surface area is 214 Å². The first-order valence-electron chi connectivity index (χ1n) is 11.7. The molecular weight excluding hydrogens is 472 g/mol. The Kier molecular flexibility index (Phi) is 5.49. The van der Waals surface area contributed by atoms with Gasteiger partial charge in [0.25, 0.3) is 0 Å². The number of anilines is 2. The highest BCUT2D eigenvalue weighted by atomic mass is 35.5. The summed E-state index contributed by atoms with van der Waals surface area (Å²) in [6.07, 6.45) is 5.38. The van der Waals surface area contributed by atoms with Crippen molar-refractivity contribution in [3.63, 3.8) is 0 Å². The summed E-state index contributed by atoms with van der Waals surface area (Å²) >= 11 is 6.42. The predicted octanol–water partition coefficient (Wildman–Crippen LogP) is 5.57. The summed E-state index contributed by atoms with van der Waals surface area (Å²) in [7, 11) is 5.73. The highest BCUT2D eigenvalue weighted by Gasteiger charge is 2.33. The second kappa shape index (κ2) is 8.84. The van der Waals surface area contributed by atoms with Gasteiger partial charge < -0.3 is 14.2 Å². The Bertz CT molecular complexity index is 1540. The molecule has 3 aromatic carbocycles. The molecule has 5 aromatic rings. The number of fused-ring (bicyclic) bond motifs is 2. The molecule has 0 aliphatic carbocycles. The van der Waals surface area contributed by atoms with Crippen LogP contribution >= 0.6 is 11.6 Å². The minimum Gasteiger partial charge on any atom is -0.497 e. The van der Waals surface area contributed by atoms with Crippen molar-refractivity contribution in [1.29, 1.82) is 0 Å². The Hall–Kier alpha value is -4.10. The number of aryl methyl sites for hydroxylation is 1. The van der Waals surface area contributed by atoms with Gasteiger partial charge in [0.15, 0.2) is 0 Å². The number of imidazole rings is 1. The summed E-state index contributed by atoms with van der Waals surface area (Å²) in [5.74, 6) is 1.60. The molecule has 0 fully saturated rings. The zero-order valence-corrected chi connectivity index (χ0v) is 21.0. The van der Waals surface area contributed by atoms with E-state index < -0.39 is 0 Å². The SMILES string of the molecule is COc1ccc(C(c2ccc3c(c2)C(c2cccc(Cl)c2)n2ncnc2N3C)c2cncn2C)cc1. The number of aromatic nitrogens is 5. The highest BCUT2D eigenvalue weighted by Crippen LogP contribution is 2.44. The van der Waals surface area contributed by atoms with Crippen molar-refractivity contribution >= 4 is 23.2 Å². The smallest absolute Gasteiger partial charge is 0.228 e. The van der Waals surface area contributed by atoms with Gasteiger partial charge in [0.05, 0.1) is 19.4 Å². The normalized spacial score (nSPS) is 15.3. The third-order valence-electron chi connectivity index (χ3n) is 6.90. The number of benzene rings is 3. The van der Waals surface area contributed by atoms with E-state index in [4.69, 9.17) is 16.3 Å². The van der Waals surface area contributed by atoms with Gasteiger partial charge in [-0.3, -0.25) is 0 Å². The Morgan fingerprint density at radius 2 is 1.78 bits per heavy atom. The minimum atomic E-state index is -0.157. The number of hydrogen-bond donors (Lipinski definition) is 0. The Morgan fingerprint density at radius 3 is 2.50 bits per heavy atom. The van der Waals surface area contributed by atoms with Crippen LogP contribution in [-0.2, 0) is 7.05 Å². The molecule has 0 radical (unpaired) electrons. The Balaban J connectivity index is 1.55. The van der Waals surface area contributed by atoms with E-state index in [1.54, 1.807) is 13.4 Å². The predicted molar refractivity (Wildman–Crippen MR) is 140 cm³/mol. The lowest BCUT2D eigenvalue weighted by Gasteiger charge is -2.34. The number of nitrogens with zero attached hydrogens (tertiary/aromatic N) is 6. The fraction of sp³-hybridized carbons (Fsp3) is 0.179. The maximum Gasteiger partial charge on any atom is 0.228 e. The largest absolute Gasteiger partial charge is 0.497 e. The van der Waals surface area contributed by atoms with Gasteiger partial charge >= 0.3 is 0 Å². The molecule has 2 aromatic heterocycles. The van der Waals surface area contributed by atoms with Crippen molar-refractivity contribution in [2.75, 3.05) is 19.1 Å². The van der Waals surface area contributed by atoms with Crippen LogP contribution < -0.4 is 9.64 Å². The monoisotopic (exact) mass is 496 g/mol. The molecule has 0 bridgehead atoms. The number of hydrogen-bond acceptors (Lipinski definition) is 5. The first-order chi connectivity index (χ1) is 17.5. The van der Waals surface area contributed by atoms with Crippen LogP contribution in [0, 0.1) is 0 Å². The molecule has 8 heteroatoms. The van der Waals surface area contributed by atoms with Crippen LogP contribution in [0.5, 0.6) is 5.75 Å². The molecule has 180 valence electrons. The van der Waals surface area contributed by atoms with E-state index in [-0.39, 0.29) is 12.0 Å². The zero-order chi connectivity index (χ0) is 24.8. The molecular formula is C28H25ClN6O. The molecule has 3 heterocycles. The lowest BCUT2D eigenvalue weighted by molar-refractivity contribution is 0.414. The summed E-state index contributed by atoms with van der Waals surface area (Å²) in [6, 6.07) is 22.7. The van der Waals surface area contributed by atoms with E-state index in [1.807, 2.05) is 61.6 Å². The van der Waals surface area contributed by atoms with E-state index >= 15 is 0 Å². The standard InChI is InChI=1S/C28H25ClN6O/c1-33-17-30-15-25(33)26(18-7-10-22(36-3)11-8-18)19-9-12-24-23(14-19)27(20-5-4-6-21(29)13-20)35-28(34(24)2)31-16-32-35/h4-17,26-27H,1-3H3. The third kappa shape index (κ3) is 3.63. The van der Waals surface area contributed by atoms with Gasteiger partial charge in [0, 0.05) is 42.3 Å². The second-order valence-corrected chi connectivity index (χ2v) is 9.41.